The molecule has 1 heterocycles. The average Bonchev–Trinajstić information content (AvgIpc) is 3.36. The predicted molar refractivity (Wildman–Crippen MR) is 156 cm³/mol. The van der Waals surface area contributed by atoms with Crippen LogP contribution in [-0.2, 0) is 9.53 Å². The molecule has 5 aromatic rings. The van der Waals surface area contributed by atoms with Gasteiger partial charge in [-0.1, -0.05) is 80.1 Å². The van der Waals surface area contributed by atoms with Gasteiger partial charge in [-0.25, -0.2) is 9.59 Å². The maximum Gasteiger partial charge on any atom is 0.407 e. The zero-order valence-corrected chi connectivity index (χ0v) is 22.3. The van der Waals surface area contributed by atoms with Crippen molar-refractivity contribution < 1.29 is 28.6 Å². The van der Waals surface area contributed by atoms with E-state index < -0.39 is 18.1 Å². The fourth-order valence-electron chi connectivity index (χ4n) is 4.63. The summed E-state index contributed by atoms with van der Waals surface area (Å²) in [7, 11) is 0. The van der Waals surface area contributed by atoms with E-state index in [0.717, 1.165) is 57.0 Å². The molecule has 4 aromatic carbocycles. The number of carbonyl (C=O) groups is 2. The number of fused-ring (bicyclic) bond motifs is 3. The first kappa shape index (κ1) is 26.8. The topological polar surface area (TPSA) is 98.0 Å². The van der Waals surface area contributed by atoms with E-state index in [0.29, 0.717) is 5.75 Å². The predicted octanol–water partition coefficient (Wildman–Crippen LogP) is 7.67. The number of ether oxygens (including phenoxy) is 2. The van der Waals surface area contributed by atoms with Crippen molar-refractivity contribution >= 4 is 34.0 Å². The van der Waals surface area contributed by atoms with Gasteiger partial charge in [-0.2, -0.15) is 0 Å². The van der Waals surface area contributed by atoms with Gasteiger partial charge in [-0.05, 0) is 47.4 Å². The first-order valence-corrected chi connectivity index (χ1v) is 13.4. The summed E-state index contributed by atoms with van der Waals surface area (Å²) in [5, 5.41) is 14.0. The number of hydrogen-bond acceptors (Lipinski definition) is 5. The van der Waals surface area contributed by atoms with Crippen LogP contribution in [0.5, 0.6) is 5.75 Å². The molecular weight excluding hydrogens is 506 g/mol. The van der Waals surface area contributed by atoms with Gasteiger partial charge in [-0.3, -0.25) is 0 Å². The SMILES string of the molecule is CCCCOC(=O)NC(CCOc1ccc(-c2cccc(-c3cccc4c3oc3ccccc34)c2)cc1)C(=O)O. The lowest BCUT2D eigenvalue weighted by Gasteiger charge is -2.15. The highest BCUT2D eigenvalue weighted by Gasteiger charge is 2.20. The van der Waals surface area contributed by atoms with Crippen LogP contribution in [-0.4, -0.2) is 36.4 Å². The maximum atomic E-state index is 11.8. The number of unbranched alkanes of at least 4 members (excludes halogenated alkanes) is 1. The van der Waals surface area contributed by atoms with Crippen LogP contribution in [0.2, 0.25) is 0 Å². The van der Waals surface area contributed by atoms with Crippen molar-refractivity contribution in [2.24, 2.45) is 0 Å². The van der Waals surface area contributed by atoms with Crippen molar-refractivity contribution in [2.45, 2.75) is 32.2 Å². The molecule has 204 valence electrons. The van der Waals surface area contributed by atoms with Crippen LogP contribution >= 0.6 is 0 Å². The van der Waals surface area contributed by atoms with Crippen LogP contribution in [0.3, 0.4) is 0 Å². The number of alkyl carbamates (subject to hydrolysis) is 1. The number of nitrogens with one attached hydrogen (secondary N) is 1. The second kappa shape index (κ2) is 12.4. The van der Waals surface area contributed by atoms with Gasteiger partial charge in [0.2, 0.25) is 0 Å². The van der Waals surface area contributed by atoms with Gasteiger partial charge < -0.3 is 24.3 Å². The highest BCUT2D eigenvalue weighted by Crippen LogP contribution is 2.36. The molecule has 1 amide bonds. The Morgan fingerprint density at radius 1 is 0.850 bits per heavy atom. The first-order chi connectivity index (χ1) is 19.5. The lowest BCUT2D eigenvalue weighted by molar-refractivity contribution is -0.139. The lowest BCUT2D eigenvalue weighted by atomic mass is 9.97. The Balaban J connectivity index is 1.25. The Bertz CT molecular complexity index is 1620. The van der Waals surface area contributed by atoms with Crippen molar-refractivity contribution in [2.75, 3.05) is 13.2 Å². The minimum Gasteiger partial charge on any atom is -0.494 e. The van der Waals surface area contributed by atoms with Crippen LogP contribution < -0.4 is 10.1 Å². The molecule has 5 rings (SSSR count). The largest absolute Gasteiger partial charge is 0.494 e. The van der Waals surface area contributed by atoms with E-state index in [-0.39, 0.29) is 19.6 Å². The summed E-state index contributed by atoms with van der Waals surface area (Å²) in [6.45, 7) is 2.37. The monoisotopic (exact) mass is 537 g/mol. The highest BCUT2D eigenvalue weighted by atomic mass is 16.5. The Hall–Kier alpha value is -4.78. The molecule has 0 saturated carbocycles. The highest BCUT2D eigenvalue weighted by molar-refractivity contribution is 6.09. The zero-order valence-electron chi connectivity index (χ0n) is 22.3. The fraction of sp³-hybridized carbons (Fsp3) is 0.212. The third-order valence-corrected chi connectivity index (χ3v) is 6.76. The van der Waals surface area contributed by atoms with Crippen molar-refractivity contribution in [1.82, 2.24) is 5.32 Å². The van der Waals surface area contributed by atoms with E-state index in [2.05, 4.69) is 47.8 Å². The number of carboxylic acid groups (broad SMARTS) is 1. The van der Waals surface area contributed by atoms with Gasteiger partial charge in [0.1, 0.15) is 23.0 Å². The van der Waals surface area contributed by atoms with E-state index in [1.54, 1.807) is 0 Å². The fourth-order valence-corrected chi connectivity index (χ4v) is 4.63. The third-order valence-electron chi connectivity index (χ3n) is 6.76. The molecule has 0 bridgehead atoms. The molecule has 0 aliphatic rings. The first-order valence-electron chi connectivity index (χ1n) is 13.4. The second-order valence-corrected chi connectivity index (χ2v) is 9.55. The Kier molecular flexibility index (Phi) is 8.30. The summed E-state index contributed by atoms with van der Waals surface area (Å²) in [6, 6.07) is 29.1. The Morgan fingerprint density at radius 2 is 1.60 bits per heavy atom. The molecule has 40 heavy (non-hydrogen) atoms. The molecule has 7 heteroatoms. The number of carbonyl (C=O) groups excluding carboxylic acids is 1. The van der Waals surface area contributed by atoms with Crippen molar-refractivity contribution in [3.63, 3.8) is 0 Å². The van der Waals surface area contributed by atoms with Crippen molar-refractivity contribution in [3.8, 4) is 28.0 Å². The number of aliphatic carboxylic acids is 1. The number of carboxylic acids is 1. The normalized spacial score (nSPS) is 11.8. The summed E-state index contributed by atoms with van der Waals surface area (Å²) in [5.74, 6) is -0.522. The van der Waals surface area contributed by atoms with Crippen LogP contribution in [0, 0.1) is 0 Å². The number of rotatable bonds is 11. The summed E-state index contributed by atoms with van der Waals surface area (Å²) in [5.41, 5.74) is 5.90. The van der Waals surface area contributed by atoms with E-state index in [1.807, 2.05) is 55.5 Å². The van der Waals surface area contributed by atoms with E-state index in [4.69, 9.17) is 13.9 Å². The zero-order chi connectivity index (χ0) is 27.9. The summed E-state index contributed by atoms with van der Waals surface area (Å²) in [6.07, 6.45) is 0.984. The standard InChI is InChI=1S/C33H31NO6/c1-2-3-19-39-33(37)34-29(32(35)36)18-20-38-25-16-14-22(15-17-25)23-8-6-9-24(21-23)26-11-7-12-28-27-10-4-5-13-30(27)40-31(26)28/h4-17,21,29H,2-3,18-20H2,1H3,(H,34,37)(H,35,36). The second-order valence-electron chi connectivity index (χ2n) is 9.55. The van der Waals surface area contributed by atoms with Gasteiger partial charge in [0.25, 0.3) is 0 Å². The molecule has 1 unspecified atom stereocenters. The van der Waals surface area contributed by atoms with Crippen LogP contribution in [0.25, 0.3) is 44.2 Å². The van der Waals surface area contributed by atoms with E-state index in [1.165, 1.54) is 0 Å². The van der Waals surface area contributed by atoms with E-state index >= 15 is 0 Å². The van der Waals surface area contributed by atoms with Crippen molar-refractivity contribution in [3.05, 3.63) is 91.0 Å². The number of para-hydroxylation sites is 2. The number of hydrogen-bond donors (Lipinski definition) is 2. The molecule has 0 fully saturated rings. The molecule has 0 saturated heterocycles. The molecule has 0 radical (unpaired) electrons. The van der Waals surface area contributed by atoms with E-state index in [9.17, 15) is 14.7 Å². The van der Waals surface area contributed by atoms with Gasteiger partial charge in [0.15, 0.2) is 0 Å². The maximum absolute atomic E-state index is 11.8. The molecule has 0 aliphatic heterocycles. The lowest BCUT2D eigenvalue weighted by Crippen LogP contribution is -2.42. The quantitative estimate of drug-likeness (QED) is 0.168. The third kappa shape index (κ3) is 6.10. The van der Waals surface area contributed by atoms with Gasteiger partial charge in [0.05, 0.1) is 13.2 Å². The van der Waals surface area contributed by atoms with Crippen LogP contribution in [0.15, 0.2) is 95.4 Å². The number of furan rings is 1. The number of amides is 1. The smallest absolute Gasteiger partial charge is 0.407 e. The van der Waals surface area contributed by atoms with Crippen molar-refractivity contribution in [1.29, 1.82) is 0 Å². The molecule has 1 atom stereocenters. The Morgan fingerprint density at radius 3 is 2.40 bits per heavy atom. The molecular formula is C33H31NO6. The van der Waals surface area contributed by atoms with Crippen LogP contribution in [0.1, 0.15) is 26.2 Å². The minimum atomic E-state index is -1.13. The summed E-state index contributed by atoms with van der Waals surface area (Å²) < 4.78 is 17.0. The van der Waals surface area contributed by atoms with Crippen LogP contribution in [0.4, 0.5) is 4.79 Å². The Labute approximate surface area is 232 Å². The molecule has 0 spiro atoms. The average molecular weight is 538 g/mol. The summed E-state index contributed by atoms with van der Waals surface area (Å²) in [4.78, 5) is 23.3. The molecule has 1 aromatic heterocycles. The number of benzene rings is 4. The molecule has 2 N–H and O–H groups in total. The minimum absolute atomic E-state index is 0.106. The summed E-state index contributed by atoms with van der Waals surface area (Å²) >= 11 is 0. The van der Waals surface area contributed by atoms with Gasteiger partial charge in [-0.15, -0.1) is 0 Å². The van der Waals surface area contributed by atoms with Gasteiger partial charge in [0, 0.05) is 22.8 Å². The van der Waals surface area contributed by atoms with Gasteiger partial charge >= 0.3 is 12.1 Å². The molecule has 7 nitrogen and oxygen atoms in total. The molecule has 0 aliphatic carbocycles.